The molecule has 0 aliphatic rings. The van der Waals surface area contributed by atoms with E-state index in [1.54, 1.807) is 26.2 Å². The van der Waals surface area contributed by atoms with E-state index in [2.05, 4.69) is 4.99 Å². The van der Waals surface area contributed by atoms with E-state index in [1.807, 2.05) is 28.8 Å². The van der Waals surface area contributed by atoms with Crippen LogP contribution in [0, 0.1) is 12.7 Å². The van der Waals surface area contributed by atoms with Crippen molar-refractivity contribution in [2.45, 2.75) is 13.5 Å². The summed E-state index contributed by atoms with van der Waals surface area (Å²) < 4.78 is 21.8. The Kier molecular flexibility index (Phi) is 4.87. The van der Waals surface area contributed by atoms with Crippen molar-refractivity contribution in [2.24, 2.45) is 4.99 Å². The third-order valence-corrected chi connectivity index (χ3v) is 4.78. The third-order valence-electron chi connectivity index (χ3n) is 3.72. The molecule has 0 saturated heterocycles. The van der Waals surface area contributed by atoms with Crippen LogP contribution in [0.3, 0.4) is 0 Å². The van der Waals surface area contributed by atoms with E-state index in [4.69, 9.17) is 4.74 Å². The first-order chi connectivity index (χ1) is 11.6. The SMILES string of the molecule is COCCn1c(=NC(=O)c2ccc(C)c(F)c2)sc2ccccc21. The zero-order chi connectivity index (χ0) is 17.1. The predicted octanol–water partition coefficient (Wildman–Crippen LogP) is 3.54. The van der Waals surface area contributed by atoms with Gasteiger partial charge < -0.3 is 9.30 Å². The molecule has 1 aromatic heterocycles. The van der Waals surface area contributed by atoms with Crippen LogP contribution >= 0.6 is 11.3 Å². The number of fused-ring (bicyclic) bond motifs is 1. The van der Waals surface area contributed by atoms with Crippen LogP contribution in [0.4, 0.5) is 4.39 Å². The van der Waals surface area contributed by atoms with Crippen LogP contribution in [-0.2, 0) is 11.3 Å². The number of carbonyl (C=O) groups excluding carboxylic acids is 1. The van der Waals surface area contributed by atoms with Crippen LogP contribution in [0.1, 0.15) is 15.9 Å². The largest absolute Gasteiger partial charge is 0.383 e. The third kappa shape index (κ3) is 3.29. The molecule has 0 aliphatic heterocycles. The van der Waals surface area contributed by atoms with Crippen LogP contribution in [0.2, 0.25) is 0 Å². The van der Waals surface area contributed by atoms with Crippen molar-refractivity contribution in [1.29, 1.82) is 0 Å². The number of methoxy groups -OCH3 is 1. The van der Waals surface area contributed by atoms with Crippen molar-refractivity contribution in [2.75, 3.05) is 13.7 Å². The van der Waals surface area contributed by atoms with E-state index in [-0.39, 0.29) is 5.56 Å². The minimum atomic E-state index is -0.452. The molecule has 3 rings (SSSR count). The molecule has 0 aliphatic carbocycles. The fraction of sp³-hybridized carbons (Fsp3) is 0.222. The second-order valence-electron chi connectivity index (χ2n) is 5.38. The Balaban J connectivity index is 2.08. The quantitative estimate of drug-likeness (QED) is 0.727. The van der Waals surface area contributed by atoms with Gasteiger partial charge in [0.2, 0.25) is 0 Å². The molecule has 24 heavy (non-hydrogen) atoms. The number of hydrogen-bond acceptors (Lipinski definition) is 3. The maximum absolute atomic E-state index is 13.7. The summed E-state index contributed by atoms with van der Waals surface area (Å²) in [5, 5.41) is 0. The first kappa shape index (κ1) is 16.5. The molecule has 2 aromatic carbocycles. The molecule has 0 saturated carbocycles. The Bertz CT molecular complexity index is 959. The smallest absolute Gasteiger partial charge is 0.279 e. The van der Waals surface area contributed by atoms with E-state index in [9.17, 15) is 9.18 Å². The maximum Gasteiger partial charge on any atom is 0.279 e. The molecule has 0 fully saturated rings. The molecule has 0 atom stereocenters. The number of carbonyl (C=O) groups is 1. The summed E-state index contributed by atoms with van der Waals surface area (Å²) >= 11 is 1.43. The second kappa shape index (κ2) is 7.07. The molecular formula is C18H17FN2O2S. The van der Waals surface area contributed by atoms with Crippen molar-refractivity contribution >= 4 is 27.5 Å². The van der Waals surface area contributed by atoms with E-state index in [0.717, 1.165) is 10.2 Å². The highest BCUT2D eigenvalue weighted by Crippen LogP contribution is 2.17. The molecule has 124 valence electrons. The molecule has 0 radical (unpaired) electrons. The number of aryl methyl sites for hydroxylation is 1. The van der Waals surface area contributed by atoms with Crippen LogP contribution < -0.4 is 4.80 Å². The second-order valence-corrected chi connectivity index (χ2v) is 6.39. The predicted molar refractivity (Wildman–Crippen MR) is 92.7 cm³/mol. The van der Waals surface area contributed by atoms with Crippen molar-refractivity contribution in [3.8, 4) is 0 Å². The van der Waals surface area contributed by atoms with Crippen molar-refractivity contribution in [1.82, 2.24) is 4.57 Å². The molecule has 4 nitrogen and oxygen atoms in total. The minimum Gasteiger partial charge on any atom is -0.383 e. The summed E-state index contributed by atoms with van der Waals surface area (Å²) in [6, 6.07) is 12.3. The lowest BCUT2D eigenvalue weighted by Gasteiger charge is -2.04. The highest BCUT2D eigenvalue weighted by atomic mass is 32.1. The summed E-state index contributed by atoms with van der Waals surface area (Å²) in [6.45, 7) is 2.77. The summed E-state index contributed by atoms with van der Waals surface area (Å²) in [6.07, 6.45) is 0. The lowest BCUT2D eigenvalue weighted by atomic mass is 10.1. The highest BCUT2D eigenvalue weighted by Gasteiger charge is 2.10. The van der Waals surface area contributed by atoms with Crippen molar-refractivity contribution < 1.29 is 13.9 Å². The van der Waals surface area contributed by atoms with Crippen molar-refractivity contribution in [3.05, 3.63) is 64.2 Å². The lowest BCUT2D eigenvalue weighted by Crippen LogP contribution is -2.19. The van der Waals surface area contributed by atoms with E-state index in [0.29, 0.717) is 23.5 Å². The molecule has 1 amide bonds. The zero-order valence-electron chi connectivity index (χ0n) is 13.5. The fourth-order valence-corrected chi connectivity index (χ4v) is 3.44. The molecule has 0 unspecified atom stereocenters. The average molecular weight is 344 g/mol. The number of aromatic nitrogens is 1. The summed E-state index contributed by atoms with van der Waals surface area (Å²) in [5.74, 6) is -0.855. The van der Waals surface area contributed by atoms with Gasteiger partial charge in [-0.15, -0.1) is 0 Å². The average Bonchev–Trinajstić information content (AvgIpc) is 2.92. The lowest BCUT2D eigenvalue weighted by molar-refractivity contribution is 0.0997. The van der Waals surface area contributed by atoms with Crippen LogP contribution in [0.5, 0.6) is 0 Å². The number of para-hydroxylation sites is 1. The Labute approximate surface area is 142 Å². The van der Waals surface area contributed by atoms with Crippen LogP contribution in [-0.4, -0.2) is 24.2 Å². The van der Waals surface area contributed by atoms with Gasteiger partial charge in [-0.2, -0.15) is 4.99 Å². The first-order valence-corrected chi connectivity index (χ1v) is 8.34. The Morgan fingerprint density at radius 1 is 1.29 bits per heavy atom. The monoisotopic (exact) mass is 344 g/mol. The van der Waals surface area contributed by atoms with Gasteiger partial charge in [0, 0.05) is 19.2 Å². The number of nitrogens with zero attached hydrogens (tertiary/aromatic N) is 2. The zero-order valence-corrected chi connectivity index (χ0v) is 14.3. The van der Waals surface area contributed by atoms with Gasteiger partial charge in [0.05, 0.1) is 16.8 Å². The van der Waals surface area contributed by atoms with Gasteiger partial charge in [-0.3, -0.25) is 4.79 Å². The molecule has 0 spiro atoms. The first-order valence-electron chi connectivity index (χ1n) is 7.52. The van der Waals surface area contributed by atoms with Crippen molar-refractivity contribution in [3.63, 3.8) is 0 Å². The van der Waals surface area contributed by atoms with Gasteiger partial charge in [0.25, 0.3) is 5.91 Å². The molecule has 0 bridgehead atoms. The van der Waals surface area contributed by atoms with Gasteiger partial charge in [0.1, 0.15) is 5.82 Å². The van der Waals surface area contributed by atoms with Gasteiger partial charge in [-0.1, -0.05) is 29.5 Å². The van der Waals surface area contributed by atoms with E-state index >= 15 is 0 Å². The number of hydrogen-bond donors (Lipinski definition) is 0. The summed E-state index contributed by atoms with van der Waals surface area (Å²) in [4.78, 5) is 17.2. The van der Waals surface area contributed by atoms with Crippen LogP contribution in [0.15, 0.2) is 47.5 Å². The van der Waals surface area contributed by atoms with E-state index < -0.39 is 11.7 Å². The summed E-state index contributed by atoms with van der Waals surface area (Å²) in [7, 11) is 1.63. The van der Waals surface area contributed by atoms with Gasteiger partial charge in [-0.25, -0.2) is 4.39 Å². The molecular weight excluding hydrogens is 327 g/mol. The molecule has 3 aromatic rings. The highest BCUT2D eigenvalue weighted by molar-refractivity contribution is 7.16. The standard InChI is InChI=1S/C18H17FN2O2S/c1-12-7-8-13(11-14(12)19)17(22)20-18-21(9-10-23-2)15-5-3-4-6-16(15)24-18/h3-8,11H,9-10H2,1-2H3. The number of ether oxygens (including phenoxy) is 1. The van der Waals surface area contributed by atoms with E-state index in [1.165, 1.54) is 17.4 Å². The fourth-order valence-electron chi connectivity index (χ4n) is 2.38. The van der Waals surface area contributed by atoms with Gasteiger partial charge in [0.15, 0.2) is 4.80 Å². The Morgan fingerprint density at radius 3 is 2.83 bits per heavy atom. The number of thiazole rings is 1. The number of benzene rings is 2. The topological polar surface area (TPSA) is 43.6 Å². The minimum absolute atomic E-state index is 0.244. The number of amides is 1. The Morgan fingerprint density at radius 2 is 2.08 bits per heavy atom. The van der Waals surface area contributed by atoms with Gasteiger partial charge >= 0.3 is 0 Å². The van der Waals surface area contributed by atoms with Gasteiger partial charge in [-0.05, 0) is 36.8 Å². The molecule has 0 N–H and O–H groups in total. The number of halogens is 1. The summed E-state index contributed by atoms with van der Waals surface area (Å²) in [5.41, 5.74) is 1.75. The Hall–Kier alpha value is -2.31. The number of rotatable bonds is 4. The molecule has 6 heteroatoms. The molecule has 1 heterocycles. The van der Waals surface area contributed by atoms with Crippen LogP contribution in [0.25, 0.3) is 10.2 Å². The maximum atomic E-state index is 13.7. The normalized spacial score (nSPS) is 12.0.